The molecule has 3 N–H and O–H groups in total. The molecule has 0 aliphatic carbocycles. The maximum Gasteiger partial charge on any atom is 0.194 e. The van der Waals surface area contributed by atoms with Gasteiger partial charge >= 0.3 is 0 Å². The van der Waals surface area contributed by atoms with Crippen LogP contribution < -0.4 is 11.3 Å². The van der Waals surface area contributed by atoms with Crippen molar-refractivity contribution in [3.63, 3.8) is 0 Å². The summed E-state index contributed by atoms with van der Waals surface area (Å²) in [6.45, 7) is 0. The van der Waals surface area contributed by atoms with E-state index < -0.39 is 23.5 Å². The van der Waals surface area contributed by atoms with Crippen molar-refractivity contribution < 1.29 is 13.2 Å². The van der Waals surface area contributed by atoms with Crippen LogP contribution in [0.2, 0.25) is 5.02 Å². The van der Waals surface area contributed by atoms with E-state index in [1.165, 1.54) is 18.5 Å². The lowest BCUT2D eigenvalue weighted by Crippen LogP contribution is -2.30. The van der Waals surface area contributed by atoms with Gasteiger partial charge in [-0.2, -0.15) is 0 Å². The van der Waals surface area contributed by atoms with Gasteiger partial charge in [0.2, 0.25) is 0 Å². The summed E-state index contributed by atoms with van der Waals surface area (Å²) in [5.41, 5.74) is 2.58. The molecule has 0 saturated heterocycles. The second-order valence-corrected chi connectivity index (χ2v) is 4.17. The van der Waals surface area contributed by atoms with E-state index in [0.29, 0.717) is 5.56 Å². The third kappa shape index (κ3) is 2.56. The van der Waals surface area contributed by atoms with Gasteiger partial charge in [-0.05, 0) is 17.7 Å². The summed E-state index contributed by atoms with van der Waals surface area (Å²) in [5, 5.41) is 0.231. The third-order valence-electron chi connectivity index (χ3n) is 2.66. The van der Waals surface area contributed by atoms with Crippen molar-refractivity contribution in [1.82, 2.24) is 10.4 Å². The molecule has 0 spiro atoms. The topological polar surface area (TPSA) is 50.9 Å². The third-order valence-corrected chi connectivity index (χ3v) is 2.97. The second kappa shape index (κ2) is 5.56. The Morgan fingerprint density at radius 3 is 2.47 bits per heavy atom. The van der Waals surface area contributed by atoms with E-state index in [1.54, 1.807) is 0 Å². The van der Waals surface area contributed by atoms with Gasteiger partial charge in [-0.25, -0.2) is 18.6 Å². The molecule has 0 saturated carbocycles. The summed E-state index contributed by atoms with van der Waals surface area (Å²) in [5.74, 6) is 1.22. The molecule has 2 rings (SSSR count). The fraction of sp³-hybridized carbons (Fsp3) is 0.0833. The summed E-state index contributed by atoms with van der Waals surface area (Å²) in [6.07, 6.45) is 2.78. The van der Waals surface area contributed by atoms with E-state index >= 15 is 0 Å². The van der Waals surface area contributed by atoms with Crippen molar-refractivity contribution in [1.29, 1.82) is 0 Å². The number of halogens is 4. The summed E-state index contributed by atoms with van der Waals surface area (Å²) in [4.78, 5) is 3.78. The van der Waals surface area contributed by atoms with Crippen molar-refractivity contribution in [3.05, 3.63) is 64.2 Å². The molecule has 7 heteroatoms. The maximum absolute atomic E-state index is 13.7. The quantitative estimate of drug-likeness (QED) is 0.518. The monoisotopic (exact) mass is 287 g/mol. The molecule has 1 aromatic heterocycles. The molecule has 1 atom stereocenters. The van der Waals surface area contributed by atoms with Crippen LogP contribution in [0.15, 0.2) is 30.6 Å². The van der Waals surface area contributed by atoms with E-state index in [0.717, 1.165) is 12.1 Å². The molecule has 0 bridgehead atoms. The maximum atomic E-state index is 13.7. The van der Waals surface area contributed by atoms with Crippen molar-refractivity contribution in [2.24, 2.45) is 5.84 Å². The lowest BCUT2D eigenvalue weighted by Gasteiger charge is -2.18. The first-order chi connectivity index (χ1) is 9.06. The molecular formula is C12H9ClF3N3. The number of hydrogen-bond donors (Lipinski definition) is 2. The first-order valence-electron chi connectivity index (χ1n) is 5.25. The van der Waals surface area contributed by atoms with Crippen LogP contribution in [-0.2, 0) is 0 Å². The number of benzene rings is 1. The Morgan fingerprint density at radius 1 is 1.11 bits per heavy atom. The van der Waals surface area contributed by atoms with E-state index in [4.69, 9.17) is 17.4 Å². The lowest BCUT2D eigenvalue weighted by molar-refractivity contribution is 0.433. The minimum Gasteiger partial charge on any atom is -0.271 e. The molecule has 0 radical (unpaired) electrons. The van der Waals surface area contributed by atoms with Gasteiger partial charge in [-0.1, -0.05) is 17.7 Å². The van der Waals surface area contributed by atoms with Crippen LogP contribution in [0.25, 0.3) is 0 Å². The Bertz CT molecular complexity index is 607. The summed E-state index contributed by atoms with van der Waals surface area (Å²) in [7, 11) is 0. The van der Waals surface area contributed by atoms with Crippen LogP contribution in [0.4, 0.5) is 13.2 Å². The second-order valence-electron chi connectivity index (χ2n) is 3.76. The smallest absolute Gasteiger partial charge is 0.194 e. The van der Waals surface area contributed by atoms with Crippen molar-refractivity contribution in [3.8, 4) is 0 Å². The van der Waals surface area contributed by atoms with Gasteiger partial charge in [0.25, 0.3) is 0 Å². The number of nitrogens with two attached hydrogens (primary N) is 1. The standard InChI is InChI=1S/C12H9ClF3N3/c13-8-5-18-4-3-6(8)12(19-17)7-1-2-9(14)11(16)10(7)15/h1-5,12,19H,17H2. The van der Waals surface area contributed by atoms with Gasteiger partial charge in [0.15, 0.2) is 17.5 Å². The van der Waals surface area contributed by atoms with Gasteiger partial charge < -0.3 is 0 Å². The van der Waals surface area contributed by atoms with E-state index in [9.17, 15) is 13.2 Å². The Morgan fingerprint density at radius 2 is 1.84 bits per heavy atom. The van der Waals surface area contributed by atoms with Gasteiger partial charge in [-0.15, -0.1) is 0 Å². The van der Waals surface area contributed by atoms with E-state index in [1.807, 2.05) is 0 Å². The van der Waals surface area contributed by atoms with Crippen LogP contribution in [-0.4, -0.2) is 4.98 Å². The molecule has 0 aliphatic heterocycles. The first kappa shape index (κ1) is 13.8. The minimum absolute atomic E-state index is 0.144. The molecule has 19 heavy (non-hydrogen) atoms. The Balaban J connectivity index is 2.55. The molecule has 1 unspecified atom stereocenters. The fourth-order valence-corrected chi connectivity index (χ4v) is 1.96. The molecule has 2 aromatic rings. The minimum atomic E-state index is -1.55. The normalized spacial score (nSPS) is 12.5. The number of nitrogens with one attached hydrogen (secondary N) is 1. The van der Waals surface area contributed by atoms with Crippen molar-refractivity contribution in [2.75, 3.05) is 0 Å². The molecule has 0 aliphatic rings. The SMILES string of the molecule is NNC(c1ccncc1Cl)c1ccc(F)c(F)c1F. The number of pyridine rings is 1. The van der Waals surface area contributed by atoms with Crippen LogP contribution >= 0.6 is 11.6 Å². The zero-order valence-corrected chi connectivity index (χ0v) is 10.3. The predicted octanol–water partition coefficient (Wildman–Crippen LogP) is 2.71. The van der Waals surface area contributed by atoms with Gasteiger partial charge in [0, 0.05) is 18.0 Å². The summed E-state index contributed by atoms with van der Waals surface area (Å²) in [6, 6.07) is 2.53. The number of hydrogen-bond acceptors (Lipinski definition) is 3. The predicted molar refractivity (Wildman–Crippen MR) is 64.7 cm³/mol. The Labute approximate surface area is 112 Å². The Kier molecular flexibility index (Phi) is 4.04. The average molecular weight is 288 g/mol. The number of aromatic nitrogens is 1. The van der Waals surface area contributed by atoms with Crippen molar-refractivity contribution in [2.45, 2.75) is 6.04 Å². The van der Waals surface area contributed by atoms with E-state index in [2.05, 4.69) is 10.4 Å². The average Bonchev–Trinajstić information content (AvgIpc) is 2.41. The molecule has 1 aromatic carbocycles. The molecule has 1 heterocycles. The largest absolute Gasteiger partial charge is 0.271 e. The summed E-state index contributed by atoms with van der Waals surface area (Å²) < 4.78 is 39.9. The zero-order chi connectivity index (χ0) is 14.0. The fourth-order valence-electron chi connectivity index (χ4n) is 1.73. The van der Waals surface area contributed by atoms with Crippen LogP contribution in [0, 0.1) is 17.5 Å². The highest BCUT2D eigenvalue weighted by atomic mass is 35.5. The highest BCUT2D eigenvalue weighted by molar-refractivity contribution is 6.31. The highest BCUT2D eigenvalue weighted by Crippen LogP contribution is 2.29. The van der Waals surface area contributed by atoms with Crippen LogP contribution in [0.1, 0.15) is 17.2 Å². The van der Waals surface area contributed by atoms with Gasteiger partial charge in [0.1, 0.15) is 0 Å². The zero-order valence-electron chi connectivity index (χ0n) is 9.50. The van der Waals surface area contributed by atoms with Crippen LogP contribution in [0.5, 0.6) is 0 Å². The van der Waals surface area contributed by atoms with Crippen molar-refractivity contribution >= 4 is 11.6 Å². The van der Waals surface area contributed by atoms with Crippen LogP contribution in [0.3, 0.4) is 0 Å². The number of hydrazine groups is 1. The summed E-state index contributed by atoms with van der Waals surface area (Å²) >= 11 is 5.92. The molecule has 0 amide bonds. The molecule has 100 valence electrons. The molecule has 0 fully saturated rings. The number of nitrogens with zero attached hydrogens (tertiary/aromatic N) is 1. The van der Waals surface area contributed by atoms with E-state index in [-0.39, 0.29) is 10.6 Å². The molecular weight excluding hydrogens is 279 g/mol. The highest BCUT2D eigenvalue weighted by Gasteiger charge is 2.23. The van der Waals surface area contributed by atoms with Gasteiger partial charge in [-0.3, -0.25) is 10.8 Å². The lowest BCUT2D eigenvalue weighted by atomic mass is 9.99. The Hall–Kier alpha value is -1.63. The first-order valence-corrected chi connectivity index (χ1v) is 5.63. The molecule has 3 nitrogen and oxygen atoms in total. The van der Waals surface area contributed by atoms with Gasteiger partial charge in [0.05, 0.1) is 11.1 Å². The number of rotatable bonds is 3.